The molecule has 0 aromatic carbocycles. The molecule has 0 atom stereocenters. The van der Waals surface area contributed by atoms with E-state index < -0.39 is 0 Å². The van der Waals surface area contributed by atoms with Gasteiger partial charge in [0, 0.05) is 12.1 Å². The SMILES string of the molecule is CN(CCCN)Cc1ccoc1. The van der Waals surface area contributed by atoms with Gasteiger partial charge in [0.25, 0.3) is 0 Å². The third-order valence-corrected chi connectivity index (χ3v) is 1.78. The molecule has 0 aliphatic carbocycles. The standard InChI is InChI=1S/C9H16N2O/c1-11(5-2-4-10)7-9-3-6-12-8-9/h3,6,8H,2,4-5,7,10H2,1H3. The molecule has 0 saturated carbocycles. The fourth-order valence-corrected chi connectivity index (χ4v) is 1.13. The van der Waals surface area contributed by atoms with Crippen LogP contribution in [0.25, 0.3) is 0 Å². The number of nitrogens with two attached hydrogens (primary N) is 1. The molecule has 1 heterocycles. The Hall–Kier alpha value is -0.800. The van der Waals surface area contributed by atoms with E-state index in [1.807, 2.05) is 6.07 Å². The first kappa shape index (κ1) is 9.29. The predicted molar refractivity (Wildman–Crippen MR) is 48.7 cm³/mol. The molecule has 68 valence electrons. The van der Waals surface area contributed by atoms with Gasteiger partial charge in [0.2, 0.25) is 0 Å². The molecule has 0 bridgehead atoms. The summed E-state index contributed by atoms with van der Waals surface area (Å²) in [5.41, 5.74) is 6.62. The van der Waals surface area contributed by atoms with E-state index in [2.05, 4.69) is 11.9 Å². The molecule has 0 amide bonds. The second-order valence-electron chi connectivity index (χ2n) is 3.01. The van der Waals surface area contributed by atoms with E-state index in [1.165, 1.54) is 5.56 Å². The van der Waals surface area contributed by atoms with E-state index in [0.717, 1.165) is 26.1 Å². The van der Waals surface area contributed by atoms with Crippen molar-refractivity contribution in [2.45, 2.75) is 13.0 Å². The Balaban J connectivity index is 2.22. The molecule has 3 heteroatoms. The molecule has 1 rings (SSSR count). The van der Waals surface area contributed by atoms with Crippen LogP contribution in [0, 0.1) is 0 Å². The second-order valence-corrected chi connectivity index (χ2v) is 3.01. The molecule has 0 aliphatic heterocycles. The van der Waals surface area contributed by atoms with Gasteiger partial charge in [0.05, 0.1) is 12.5 Å². The molecule has 0 unspecified atom stereocenters. The summed E-state index contributed by atoms with van der Waals surface area (Å²) >= 11 is 0. The van der Waals surface area contributed by atoms with Crippen LogP contribution < -0.4 is 5.73 Å². The number of hydrogen-bond donors (Lipinski definition) is 1. The maximum atomic E-state index is 5.41. The molecule has 0 aliphatic rings. The summed E-state index contributed by atoms with van der Waals surface area (Å²) in [5, 5.41) is 0. The lowest BCUT2D eigenvalue weighted by Gasteiger charge is -2.14. The quantitative estimate of drug-likeness (QED) is 0.715. The number of nitrogens with zero attached hydrogens (tertiary/aromatic N) is 1. The maximum Gasteiger partial charge on any atom is 0.0947 e. The van der Waals surface area contributed by atoms with Gasteiger partial charge in [-0.1, -0.05) is 0 Å². The van der Waals surface area contributed by atoms with Gasteiger partial charge < -0.3 is 15.1 Å². The Morgan fingerprint density at radius 3 is 3.00 bits per heavy atom. The van der Waals surface area contributed by atoms with Crippen molar-refractivity contribution in [3.05, 3.63) is 24.2 Å². The summed E-state index contributed by atoms with van der Waals surface area (Å²) in [6, 6.07) is 1.99. The molecule has 12 heavy (non-hydrogen) atoms. The highest BCUT2D eigenvalue weighted by molar-refractivity contribution is 5.04. The van der Waals surface area contributed by atoms with E-state index >= 15 is 0 Å². The zero-order valence-electron chi connectivity index (χ0n) is 7.49. The van der Waals surface area contributed by atoms with Crippen molar-refractivity contribution in [1.29, 1.82) is 0 Å². The molecule has 1 aromatic heterocycles. The van der Waals surface area contributed by atoms with Crippen LogP contribution in [0.5, 0.6) is 0 Å². The van der Waals surface area contributed by atoms with E-state index in [-0.39, 0.29) is 0 Å². The Bertz CT molecular complexity index is 196. The molecule has 0 saturated heterocycles. The number of hydrogen-bond acceptors (Lipinski definition) is 3. The predicted octanol–water partition coefficient (Wildman–Crippen LogP) is 1.06. The van der Waals surface area contributed by atoms with Crippen molar-refractivity contribution in [2.75, 3.05) is 20.1 Å². The van der Waals surface area contributed by atoms with Crippen LogP contribution in [-0.4, -0.2) is 25.0 Å². The molecule has 2 N–H and O–H groups in total. The Kier molecular flexibility index (Phi) is 3.84. The van der Waals surface area contributed by atoms with Crippen LogP contribution >= 0.6 is 0 Å². The van der Waals surface area contributed by atoms with Crippen molar-refractivity contribution in [2.24, 2.45) is 5.73 Å². The summed E-state index contributed by atoms with van der Waals surface area (Å²) in [4.78, 5) is 2.23. The van der Waals surface area contributed by atoms with E-state index in [4.69, 9.17) is 10.2 Å². The number of furan rings is 1. The lowest BCUT2D eigenvalue weighted by Crippen LogP contribution is -2.20. The Morgan fingerprint density at radius 1 is 1.58 bits per heavy atom. The van der Waals surface area contributed by atoms with Gasteiger partial charge in [-0.15, -0.1) is 0 Å². The highest BCUT2D eigenvalue weighted by Crippen LogP contribution is 2.03. The number of rotatable bonds is 5. The lowest BCUT2D eigenvalue weighted by molar-refractivity contribution is 0.323. The molecule has 0 fully saturated rings. The monoisotopic (exact) mass is 168 g/mol. The van der Waals surface area contributed by atoms with Crippen molar-refractivity contribution in [3.63, 3.8) is 0 Å². The van der Waals surface area contributed by atoms with Gasteiger partial charge in [0.1, 0.15) is 0 Å². The first-order valence-electron chi connectivity index (χ1n) is 4.22. The first-order valence-corrected chi connectivity index (χ1v) is 4.22. The van der Waals surface area contributed by atoms with Crippen LogP contribution in [-0.2, 0) is 6.54 Å². The zero-order chi connectivity index (χ0) is 8.81. The van der Waals surface area contributed by atoms with Crippen LogP contribution in [0.1, 0.15) is 12.0 Å². The Morgan fingerprint density at radius 2 is 2.42 bits per heavy atom. The summed E-state index contributed by atoms with van der Waals surface area (Å²) < 4.78 is 4.97. The third kappa shape index (κ3) is 3.07. The largest absolute Gasteiger partial charge is 0.472 e. The maximum absolute atomic E-state index is 5.41. The van der Waals surface area contributed by atoms with Crippen LogP contribution in [0.3, 0.4) is 0 Å². The van der Waals surface area contributed by atoms with Gasteiger partial charge in [0.15, 0.2) is 0 Å². The van der Waals surface area contributed by atoms with Gasteiger partial charge in [-0.05, 0) is 32.6 Å². The molecule has 0 spiro atoms. The molecule has 3 nitrogen and oxygen atoms in total. The van der Waals surface area contributed by atoms with E-state index in [9.17, 15) is 0 Å². The second kappa shape index (κ2) is 4.95. The first-order chi connectivity index (χ1) is 5.83. The minimum Gasteiger partial charge on any atom is -0.472 e. The summed E-state index contributed by atoms with van der Waals surface area (Å²) in [6.07, 6.45) is 4.53. The molecule has 0 radical (unpaired) electrons. The molecular formula is C9H16N2O. The zero-order valence-corrected chi connectivity index (χ0v) is 7.49. The van der Waals surface area contributed by atoms with Crippen LogP contribution in [0.2, 0.25) is 0 Å². The van der Waals surface area contributed by atoms with Crippen LogP contribution in [0.4, 0.5) is 0 Å². The highest BCUT2D eigenvalue weighted by atomic mass is 16.3. The topological polar surface area (TPSA) is 42.4 Å². The average Bonchev–Trinajstić information content (AvgIpc) is 2.53. The van der Waals surface area contributed by atoms with Gasteiger partial charge >= 0.3 is 0 Å². The molecular weight excluding hydrogens is 152 g/mol. The van der Waals surface area contributed by atoms with Gasteiger partial charge in [-0.25, -0.2) is 0 Å². The van der Waals surface area contributed by atoms with E-state index in [0.29, 0.717) is 0 Å². The van der Waals surface area contributed by atoms with Crippen molar-refractivity contribution < 1.29 is 4.42 Å². The van der Waals surface area contributed by atoms with Gasteiger partial charge in [-0.3, -0.25) is 0 Å². The normalized spacial score (nSPS) is 10.9. The minimum atomic E-state index is 0.760. The average molecular weight is 168 g/mol. The van der Waals surface area contributed by atoms with Gasteiger partial charge in [-0.2, -0.15) is 0 Å². The third-order valence-electron chi connectivity index (χ3n) is 1.78. The molecule has 1 aromatic rings. The van der Waals surface area contributed by atoms with Crippen molar-refractivity contribution >= 4 is 0 Å². The van der Waals surface area contributed by atoms with E-state index in [1.54, 1.807) is 12.5 Å². The highest BCUT2D eigenvalue weighted by Gasteiger charge is 1.99. The van der Waals surface area contributed by atoms with Crippen LogP contribution in [0.15, 0.2) is 23.0 Å². The fourth-order valence-electron chi connectivity index (χ4n) is 1.13. The fraction of sp³-hybridized carbons (Fsp3) is 0.556. The smallest absolute Gasteiger partial charge is 0.0947 e. The minimum absolute atomic E-state index is 0.760. The van der Waals surface area contributed by atoms with Crippen molar-refractivity contribution in [3.8, 4) is 0 Å². The summed E-state index contributed by atoms with van der Waals surface area (Å²) in [5.74, 6) is 0. The van der Waals surface area contributed by atoms with Crippen molar-refractivity contribution in [1.82, 2.24) is 4.90 Å². The summed E-state index contributed by atoms with van der Waals surface area (Å²) in [7, 11) is 2.09. The Labute approximate surface area is 73.2 Å². The summed E-state index contributed by atoms with van der Waals surface area (Å²) in [6.45, 7) is 2.74. The lowest BCUT2D eigenvalue weighted by atomic mass is 10.3.